The van der Waals surface area contributed by atoms with Crippen LogP contribution in [0, 0.1) is 24.0 Å². The molecular formula is C23H22N2O6S. The summed E-state index contributed by atoms with van der Waals surface area (Å²) in [6.45, 7) is 3.87. The van der Waals surface area contributed by atoms with E-state index < -0.39 is 14.9 Å². The van der Waals surface area contributed by atoms with Gasteiger partial charge in [-0.1, -0.05) is 42.0 Å². The summed E-state index contributed by atoms with van der Waals surface area (Å²) in [5.41, 5.74) is 2.60. The molecule has 0 saturated heterocycles. The molecule has 0 spiro atoms. The van der Waals surface area contributed by atoms with Gasteiger partial charge in [0.1, 0.15) is 6.61 Å². The van der Waals surface area contributed by atoms with Crippen LogP contribution in [0.5, 0.6) is 11.5 Å². The van der Waals surface area contributed by atoms with Crippen molar-refractivity contribution in [1.29, 1.82) is 0 Å². The van der Waals surface area contributed by atoms with Crippen molar-refractivity contribution in [2.45, 2.75) is 25.3 Å². The van der Waals surface area contributed by atoms with Crippen molar-refractivity contribution < 1.29 is 22.8 Å². The van der Waals surface area contributed by atoms with Crippen molar-refractivity contribution in [2.24, 2.45) is 4.40 Å². The molecule has 3 aromatic carbocycles. The van der Waals surface area contributed by atoms with Crippen LogP contribution in [0.4, 0.5) is 5.69 Å². The largest absolute Gasteiger partial charge is 0.493 e. The Balaban J connectivity index is 1.94. The standard InChI is InChI=1S/C23H22N2O6S/c1-16-8-10-20(11-9-16)32(28,29)24-14-18-12-21(25(26)27)23(22(13-18)30-3)31-15-19-7-5-4-6-17(19)2/h4-14H,15H2,1-3H3/b24-14-. The second-order valence-electron chi connectivity index (χ2n) is 7.07. The molecule has 0 amide bonds. The molecule has 0 aromatic heterocycles. The van der Waals surface area contributed by atoms with Gasteiger partial charge in [-0.05, 0) is 43.2 Å². The summed E-state index contributed by atoms with van der Waals surface area (Å²) < 4.78 is 39.6. The molecule has 0 N–H and O–H groups in total. The maximum absolute atomic E-state index is 12.5. The highest BCUT2D eigenvalue weighted by molar-refractivity contribution is 7.90. The molecule has 0 bridgehead atoms. The third-order valence-corrected chi connectivity index (χ3v) is 6.02. The zero-order valence-corrected chi connectivity index (χ0v) is 18.6. The van der Waals surface area contributed by atoms with Gasteiger partial charge in [0.2, 0.25) is 5.75 Å². The van der Waals surface area contributed by atoms with Gasteiger partial charge in [0.15, 0.2) is 5.75 Å². The summed E-state index contributed by atoms with van der Waals surface area (Å²) in [6.07, 6.45) is 1.05. The normalized spacial score (nSPS) is 11.5. The van der Waals surface area contributed by atoms with Crippen molar-refractivity contribution in [3.63, 3.8) is 0 Å². The number of sulfonamides is 1. The van der Waals surface area contributed by atoms with Gasteiger partial charge in [-0.25, -0.2) is 0 Å². The molecule has 8 nitrogen and oxygen atoms in total. The lowest BCUT2D eigenvalue weighted by atomic mass is 10.1. The SMILES string of the molecule is COc1cc(/C=N\S(=O)(=O)c2ccc(C)cc2)cc([N+](=O)[O-])c1OCc1ccccc1C. The summed E-state index contributed by atoms with van der Waals surface area (Å²) >= 11 is 0. The number of benzene rings is 3. The molecule has 3 rings (SSSR count). The highest BCUT2D eigenvalue weighted by Crippen LogP contribution is 2.38. The van der Waals surface area contributed by atoms with Gasteiger partial charge in [0, 0.05) is 17.8 Å². The van der Waals surface area contributed by atoms with Gasteiger partial charge in [-0.3, -0.25) is 10.1 Å². The summed E-state index contributed by atoms with van der Waals surface area (Å²) in [4.78, 5) is 11.1. The maximum Gasteiger partial charge on any atom is 0.315 e. The number of nitrogens with zero attached hydrogens (tertiary/aromatic N) is 2. The molecular weight excluding hydrogens is 432 g/mol. The fourth-order valence-corrected chi connectivity index (χ4v) is 3.80. The average Bonchev–Trinajstić information content (AvgIpc) is 2.77. The minimum Gasteiger partial charge on any atom is -0.493 e. The Morgan fingerprint density at radius 2 is 1.75 bits per heavy atom. The molecule has 0 heterocycles. The van der Waals surface area contributed by atoms with Crippen molar-refractivity contribution in [3.8, 4) is 11.5 Å². The molecule has 3 aromatic rings. The molecule has 0 radical (unpaired) electrons. The third-order valence-electron chi connectivity index (χ3n) is 4.77. The molecule has 0 fully saturated rings. The highest BCUT2D eigenvalue weighted by atomic mass is 32.2. The Bertz CT molecular complexity index is 1270. The van der Waals surface area contributed by atoms with Gasteiger partial charge < -0.3 is 9.47 Å². The van der Waals surface area contributed by atoms with E-state index in [4.69, 9.17) is 9.47 Å². The second kappa shape index (κ2) is 9.61. The molecule has 166 valence electrons. The van der Waals surface area contributed by atoms with E-state index in [2.05, 4.69) is 4.40 Å². The van der Waals surface area contributed by atoms with Gasteiger partial charge in [-0.15, -0.1) is 0 Å². The number of nitro benzene ring substituents is 1. The van der Waals surface area contributed by atoms with E-state index in [1.54, 1.807) is 12.1 Å². The number of rotatable bonds is 8. The molecule has 0 aliphatic rings. The maximum atomic E-state index is 12.5. The van der Waals surface area contributed by atoms with Gasteiger partial charge in [-0.2, -0.15) is 12.8 Å². The lowest BCUT2D eigenvalue weighted by molar-refractivity contribution is -0.386. The Morgan fingerprint density at radius 3 is 2.38 bits per heavy atom. The molecule has 0 aliphatic heterocycles. The first-order chi connectivity index (χ1) is 15.2. The molecule has 0 aliphatic carbocycles. The molecule has 0 saturated carbocycles. The van der Waals surface area contributed by atoms with Crippen LogP contribution in [0.15, 0.2) is 70.0 Å². The second-order valence-corrected chi connectivity index (χ2v) is 8.70. The predicted molar refractivity (Wildman–Crippen MR) is 121 cm³/mol. The van der Waals surface area contributed by atoms with Crippen molar-refractivity contribution >= 4 is 21.9 Å². The van der Waals surface area contributed by atoms with Crippen LogP contribution in [-0.4, -0.2) is 26.7 Å². The first kappa shape index (κ1) is 23.0. The quantitative estimate of drug-likeness (QED) is 0.279. The van der Waals surface area contributed by atoms with E-state index in [1.807, 2.05) is 38.1 Å². The van der Waals surface area contributed by atoms with E-state index in [0.29, 0.717) is 0 Å². The number of nitro groups is 1. The molecule has 9 heteroatoms. The Hall–Kier alpha value is -3.72. The summed E-state index contributed by atoms with van der Waals surface area (Å²) in [5, 5.41) is 11.7. The van der Waals surface area contributed by atoms with Crippen LogP contribution in [0.2, 0.25) is 0 Å². The van der Waals surface area contributed by atoms with Crippen LogP contribution in [-0.2, 0) is 16.6 Å². The van der Waals surface area contributed by atoms with Crippen LogP contribution in [0.1, 0.15) is 22.3 Å². The van der Waals surface area contributed by atoms with Crippen molar-refractivity contribution in [1.82, 2.24) is 0 Å². The van der Waals surface area contributed by atoms with Crippen molar-refractivity contribution in [2.75, 3.05) is 7.11 Å². The smallest absolute Gasteiger partial charge is 0.315 e. The monoisotopic (exact) mass is 454 g/mol. The lowest BCUT2D eigenvalue weighted by Gasteiger charge is -2.13. The van der Waals surface area contributed by atoms with Crippen LogP contribution >= 0.6 is 0 Å². The minimum atomic E-state index is -3.96. The Kier molecular flexibility index (Phi) is 6.89. The third kappa shape index (κ3) is 5.30. The molecule has 0 atom stereocenters. The van der Waals surface area contributed by atoms with E-state index >= 15 is 0 Å². The number of hydrogen-bond donors (Lipinski definition) is 0. The zero-order chi connectivity index (χ0) is 23.3. The van der Waals surface area contributed by atoms with E-state index in [9.17, 15) is 18.5 Å². The lowest BCUT2D eigenvalue weighted by Crippen LogP contribution is -2.04. The fourth-order valence-electron chi connectivity index (χ4n) is 2.94. The first-order valence-corrected chi connectivity index (χ1v) is 11.1. The number of ether oxygens (including phenoxy) is 2. The zero-order valence-electron chi connectivity index (χ0n) is 17.8. The van der Waals surface area contributed by atoms with Crippen LogP contribution in [0.25, 0.3) is 0 Å². The van der Waals surface area contributed by atoms with Crippen LogP contribution in [0.3, 0.4) is 0 Å². The first-order valence-electron chi connectivity index (χ1n) is 9.62. The summed E-state index contributed by atoms with van der Waals surface area (Å²) in [7, 11) is -2.61. The van der Waals surface area contributed by atoms with Crippen molar-refractivity contribution in [3.05, 3.63) is 93.0 Å². The number of hydrogen-bond acceptors (Lipinski definition) is 6. The number of methoxy groups -OCH3 is 1. The summed E-state index contributed by atoms with van der Waals surface area (Å²) in [6, 6.07) is 16.4. The minimum absolute atomic E-state index is 0.0269. The predicted octanol–water partition coefficient (Wildman–Crippen LogP) is 4.61. The Labute approximate surface area is 186 Å². The molecule has 0 unspecified atom stereocenters. The number of aryl methyl sites for hydroxylation is 2. The van der Waals surface area contributed by atoms with Crippen LogP contribution < -0.4 is 9.47 Å². The van der Waals surface area contributed by atoms with E-state index in [1.165, 1.54) is 31.4 Å². The van der Waals surface area contributed by atoms with Gasteiger partial charge in [0.25, 0.3) is 10.0 Å². The fraction of sp³-hybridized carbons (Fsp3) is 0.174. The topological polar surface area (TPSA) is 108 Å². The van der Waals surface area contributed by atoms with Gasteiger partial charge in [0.05, 0.1) is 16.9 Å². The van der Waals surface area contributed by atoms with Gasteiger partial charge >= 0.3 is 5.69 Å². The van der Waals surface area contributed by atoms with E-state index in [0.717, 1.165) is 22.9 Å². The average molecular weight is 455 g/mol. The Morgan fingerprint density at radius 1 is 1.06 bits per heavy atom. The van der Waals surface area contributed by atoms with E-state index in [-0.39, 0.29) is 34.3 Å². The highest BCUT2D eigenvalue weighted by Gasteiger charge is 2.23. The summed E-state index contributed by atoms with van der Waals surface area (Å²) in [5.74, 6) is 0.0567. The molecule has 32 heavy (non-hydrogen) atoms.